The van der Waals surface area contributed by atoms with Gasteiger partial charge in [-0.05, 0) is 66.0 Å². The van der Waals surface area contributed by atoms with E-state index in [4.69, 9.17) is 4.74 Å². The standard InChI is InChI=1S/C29H27F2N3O4.C2H6/c30-23-13-19-12-20-11-18-3-1-2-4-21(18)29(20,22(19)14-24(23)31)34-16-32(15-17-6-9-38-10-7-17)28(37)26-27(36)25(35)5-8-33(26)34;1-2/h1-5,8,13-14,17,20,36H,6-7,9-12,15-16H2;1-2H3. The van der Waals surface area contributed by atoms with Crippen LogP contribution in [0.5, 0.6) is 5.75 Å². The van der Waals surface area contributed by atoms with Crippen molar-refractivity contribution in [3.05, 3.63) is 98.5 Å². The number of aromatic nitrogens is 1. The van der Waals surface area contributed by atoms with Crippen LogP contribution < -0.4 is 10.4 Å². The van der Waals surface area contributed by atoms with Crippen LogP contribution in [0.25, 0.3) is 0 Å². The quantitative estimate of drug-likeness (QED) is 0.527. The molecule has 1 saturated heterocycles. The average Bonchev–Trinajstić information content (AvgIpc) is 3.45. The van der Waals surface area contributed by atoms with Crippen LogP contribution in [0.15, 0.2) is 53.5 Å². The first-order valence-corrected chi connectivity index (χ1v) is 14.1. The first-order chi connectivity index (χ1) is 19.4. The maximum Gasteiger partial charge on any atom is 0.277 e. The molecule has 3 heterocycles. The average molecular weight is 550 g/mol. The second-order valence-electron chi connectivity index (χ2n) is 10.8. The minimum absolute atomic E-state index is 0.0661. The molecule has 210 valence electrons. The van der Waals surface area contributed by atoms with Crippen molar-refractivity contribution in [1.29, 1.82) is 0 Å². The lowest BCUT2D eigenvalue weighted by atomic mass is 9.81. The topological polar surface area (TPSA) is 75.0 Å². The highest BCUT2D eigenvalue weighted by molar-refractivity contribution is 5.96. The first-order valence-electron chi connectivity index (χ1n) is 14.1. The van der Waals surface area contributed by atoms with Crippen molar-refractivity contribution in [3.63, 3.8) is 0 Å². The molecular weight excluding hydrogens is 516 g/mol. The van der Waals surface area contributed by atoms with Gasteiger partial charge >= 0.3 is 0 Å². The summed E-state index contributed by atoms with van der Waals surface area (Å²) in [6.45, 7) is 5.84. The SMILES string of the molecule is CC.O=C1c2c(O)c(=O)ccn2N(C23c4ccccc4CC2Cc2cc(F)c(F)cc23)CN1CC1CCOCC1. The number of benzene rings is 2. The number of nitrogens with zero attached hydrogens (tertiary/aromatic N) is 3. The number of rotatable bonds is 3. The molecule has 1 aromatic heterocycles. The van der Waals surface area contributed by atoms with E-state index in [1.165, 1.54) is 24.4 Å². The fourth-order valence-electron chi connectivity index (χ4n) is 7.18. The summed E-state index contributed by atoms with van der Waals surface area (Å²) in [5, 5.41) is 12.8. The van der Waals surface area contributed by atoms with Gasteiger partial charge in [-0.15, -0.1) is 0 Å². The lowest BCUT2D eigenvalue weighted by Crippen LogP contribution is -2.63. The number of pyridine rings is 1. The molecule has 0 bridgehead atoms. The molecule has 2 unspecified atom stereocenters. The molecule has 1 N–H and O–H groups in total. The maximum absolute atomic E-state index is 14.8. The highest BCUT2D eigenvalue weighted by atomic mass is 19.2. The Labute approximate surface area is 231 Å². The summed E-state index contributed by atoms with van der Waals surface area (Å²) in [5.41, 5.74) is 1.76. The zero-order valence-corrected chi connectivity index (χ0v) is 22.7. The van der Waals surface area contributed by atoms with Gasteiger partial charge in [-0.1, -0.05) is 38.1 Å². The summed E-state index contributed by atoms with van der Waals surface area (Å²) in [4.78, 5) is 27.9. The Morgan fingerprint density at radius 3 is 2.45 bits per heavy atom. The molecule has 0 spiro atoms. The summed E-state index contributed by atoms with van der Waals surface area (Å²) in [6.07, 6.45) is 4.35. The van der Waals surface area contributed by atoms with Gasteiger partial charge in [-0.2, -0.15) is 0 Å². The summed E-state index contributed by atoms with van der Waals surface area (Å²) in [6, 6.07) is 11.8. The van der Waals surface area contributed by atoms with Crippen LogP contribution in [0.2, 0.25) is 0 Å². The van der Waals surface area contributed by atoms with E-state index < -0.39 is 34.3 Å². The second kappa shape index (κ2) is 10.0. The minimum Gasteiger partial charge on any atom is -0.502 e. The van der Waals surface area contributed by atoms with Gasteiger partial charge < -0.3 is 14.7 Å². The fourth-order valence-corrected chi connectivity index (χ4v) is 7.18. The van der Waals surface area contributed by atoms with Crippen LogP contribution in [-0.2, 0) is 23.1 Å². The number of carbonyl (C=O) groups is 1. The number of ether oxygens (including phenoxy) is 1. The molecule has 2 aliphatic carbocycles. The number of carbonyl (C=O) groups excluding carboxylic acids is 1. The van der Waals surface area contributed by atoms with Gasteiger partial charge in [0.05, 0.1) is 0 Å². The number of fused-ring (bicyclic) bond motifs is 6. The Bertz CT molecular complexity index is 1530. The van der Waals surface area contributed by atoms with E-state index in [1.807, 2.05) is 43.1 Å². The summed E-state index contributed by atoms with van der Waals surface area (Å²) in [5.74, 6) is -2.70. The molecule has 4 aliphatic rings. The molecule has 2 atom stereocenters. The third-order valence-electron chi connectivity index (χ3n) is 8.84. The lowest BCUT2D eigenvalue weighted by Gasteiger charge is -2.51. The Kier molecular flexibility index (Phi) is 6.65. The number of hydrogen-bond donors (Lipinski definition) is 1. The molecule has 2 aromatic carbocycles. The molecule has 0 saturated carbocycles. The van der Waals surface area contributed by atoms with Crippen molar-refractivity contribution in [1.82, 2.24) is 9.58 Å². The van der Waals surface area contributed by atoms with Crippen molar-refractivity contribution < 1.29 is 23.4 Å². The first kappa shape index (κ1) is 26.5. The van der Waals surface area contributed by atoms with Gasteiger partial charge in [0.25, 0.3) is 5.91 Å². The van der Waals surface area contributed by atoms with E-state index in [-0.39, 0.29) is 24.2 Å². The summed E-state index contributed by atoms with van der Waals surface area (Å²) in [7, 11) is 0. The zero-order chi connectivity index (χ0) is 28.2. The predicted molar refractivity (Wildman–Crippen MR) is 146 cm³/mol. The Balaban J connectivity index is 0.00000142. The van der Waals surface area contributed by atoms with E-state index in [0.717, 1.165) is 29.5 Å². The third kappa shape index (κ3) is 3.78. The largest absolute Gasteiger partial charge is 0.502 e. The van der Waals surface area contributed by atoms with Crippen LogP contribution in [0.3, 0.4) is 0 Å². The summed E-state index contributed by atoms with van der Waals surface area (Å²) >= 11 is 0. The minimum atomic E-state index is -0.928. The molecule has 3 aromatic rings. The van der Waals surface area contributed by atoms with Crippen LogP contribution >= 0.6 is 0 Å². The van der Waals surface area contributed by atoms with Crippen molar-refractivity contribution in [2.75, 3.05) is 31.4 Å². The smallest absolute Gasteiger partial charge is 0.277 e. The normalized spacial score (nSPS) is 23.2. The van der Waals surface area contributed by atoms with Gasteiger partial charge in [0.2, 0.25) is 5.43 Å². The van der Waals surface area contributed by atoms with Gasteiger partial charge in [-0.25, -0.2) is 8.78 Å². The molecule has 0 radical (unpaired) electrons. The van der Waals surface area contributed by atoms with Crippen molar-refractivity contribution >= 4 is 5.91 Å². The van der Waals surface area contributed by atoms with E-state index in [2.05, 4.69) is 0 Å². The highest BCUT2D eigenvalue weighted by Gasteiger charge is 2.59. The fraction of sp³-hybridized carbons (Fsp3) is 0.419. The highest BCUT2D eigenvalue weighted by Crippen LogP contribution is 2.57. The second-order valence-corrected chi connectivity index (χ2v) is 10.8. The van der Waals surface area contributed by atoms with E-state index in [1.54, 1.807) is 9.58 Å². The van der Waals surface area contributed by atoms with Gasteiger partial charge in [0, 0.05) is 37.9 Å². The Morgan fingerprint density at radius 1 is 0.975 bits per heavy atom. The molecule has 1 amide bonds. The molecule has 7 rings (SSSR count). The molecule has 7 nitrogen and oxygen atoms in total. The predicted octanol–water partition coefficient (Wildman–Crippen LogP) is 4.31. The molecule has 40 heavy (non-hydrogen) atoms. The number of aromatic hydroxyl groups is 1. The zero-order valence-electron chi connectivity index (χ0n) is 22.7. The van der Waals surface area contributed by atoms with Crippen molar-refractivity contribution in [2.24, 2.45) is 11.8 Å². The number of halogens is 2. The number of amides is 1. The number of hydrogen-bond acceptors (Lipinski definition) is 5. The van der Waals surface area contributed by atoms with Crippen molar-refractivity contribution in [2.45, 2.75) is 45.1 Å². The van der Waals surface area contributed by atoms with Crippen molar-refractivity contribution in [3.8, 4) is 5.75 Å². The van der Waals surface area contributed by atoms with Gasteiger partial charge in [0.15, 0.2) is 23.1 Å². The van der Waals surface area contributed by atoms with E-state index >= 15 is 0 Å². The maximum atomic E-state index is 14.8. The van der Waals surface area contributed by atoms with Gasteiger partial charge in [-0.3, -0.25) is 19.3 Å². The van der Waals surface area contributed by atoms with Crippen LogP contribution in [0, 0.1) is 23.5 Å². The molecular formula is C31H33F2N3O4. The Morgan fingerprint density at radius 2 is 1.68 bits per heavy atom. The van der Waals surface area contributed by atoms with E-state index in [9.17, 15) is 23.5 Å². The van der Waals surface area contributed by atoms with Crippen LogP contribution in [-0.4, -0.2) is 47.0 Å². The van der Waals surface area contributed by atoms with Gasteiger partial charge in [0.1, 0.15) is 12.2 Å². The van der Waals surface area contributed by atoms with E-state index in [0.29, 0.717) is 38.2 Å². The Hall–Kier alpha value is -3.72. The molecule has 2 aliphatic heterocycles. The summed E-state index contributed by atoms with van der Waals surface area (Å²) < 4.78 is 36.3. The molecule has 1 fully saturated rings. The third-order valence-corrected chi connectivity index (χ3v) is 8.84. The monoisotopic (exact) mass is 549 g/mol. The molecule has 9 heteroatoms. The van der Waals surface area contributed by atoms with Crippen LogP contribution in [0.1, 0.15) is 59.4 Å². The lowest BCUT2D eigenvalue weighted by molar-refractivity contribution is 0.0385. The van der Waals surface area contributed by atoms with Crippen LogP contribution in [0.4, 0.5) is 8.78 Å².